The van der Waals surface area contributed by atoms with Crippen LogP contribution in [-0.4, -0.2) is 18.0 Å². The molecule has 126 valence electrons. The first-order chi connectivity index (χ1) is 10.2. The molecule has 3 aliphatic rings. The van der Waals surface area contributed by atoms with Crippen LogP contribution in [0.15, 0.2) is 12.7 Å². The van der Waals surface area contributed by atoms with Crippen LogP contribution in [0, 0.1) is 22.7 Å². The molecule has 0 amide bonds. The summed E-state index contributed by atoms with van der Waals surface area (Å²) >= 11 is 0. The largest absolute Gasteiger partial charge is 0.346 e. The van der Waals surface area contributed by atoms with Gasteiger partial charge in [0.05, 0.1) is 11.7 Å². The zero-order valence-corrected chi connectivity index (χ0v) is 15.2. The number of fused-ring (bicyclic) bond motifs is 2. The quantitative estimate of drug-likeness (QED) is 0.656. The van der Waals surface area contributed by atoms with Crippen LogP contribution >= 0.6 is 0 Å². The minimum Gasteiger partial charge on any atom is -0.346 e. The van der Waals surface area contributed by atoms with Gasteiger partial charge in [-0.05, 0) is 61.7 Å². The van der Waals surface area contributed by atoms with Crippen LogP contribution in [0.2, 0.25) is 0 Å². The zero-order chi connectivity index (χ0) is 16.2. The molecule has 3 rings (SSSR count). The highest BCUT2D eigenvalue weighted by atomic mass is 16.7. The standard InChI is InChI=1S/C20H34O2/c1-7-8-9-17-21-16-12-19(5)14(2)10-11-15(19)18(3,4)13-20(16,6)22-17/h7,14-17H,1,8-13H2,2-6H3/t14-,15+,16+,17+,19-,20-/m1/s1. The van der Waals surface area contributed by atoms with Gasteiger partial charge in [0.1, 0.15) is 0 Å². The predicted molar refractivity (Wildman–Crippen MR) is 90.6 cm³/mol. The Labute approximate surface area is 136 Å². The normalized spacial score (nSPS) is 50.2. The first kappa shape index (κ1) is 16.5. The van der Waals surface area contributed by atoms with Crippen LogP contribution in [0.4, 0.5) is 0 Å². The van der Waals surface area contributed by atoms with E-state index in [0.717, 1.165) is 37.5 Å². The molecule has 0 radical (unpaired) electrons. The van der Waals surface area contributed by atoms with Gasteiger partial charge in [0.2, 0.25) is 0 Å². The Morgan fingerprint density at radius 2 is 1.91 bits per heavy atom. The maximum absolute atomic E-state index is 6.45. The molecule has 2 aliphatic carbocycles. The second-order valence-corrected chi connectivity index (χ2v) is 9.26. The van der Waals surface area contributed by atoms with Crippen molar-refractivity contribution in [3.05, 3.63) is 12.7 Å². The van der Waals surface area contributed by atoms with E-state index in [1.807, 2.05) is 6.08 Å². The second kappa shape index (κ2) is 5.34. The van der Waals surface area contributed by atoms with Crippen molar-refractivity contribution in [1.29, 1.82) is 0 Å². The summed E-state index contributed by atoms with van der Waals surface area (Å²) in [5, 5.41) is 0. The monoisotopic (exact) mass is 306 g/mol. The molecule has 0 N–H and O–H groups in total. The number of hydrogen-bond acceptors (Lipinski definition) is 2. The summed E-state index contributed by atoms with van der Waals surface area (Å²) in [5.41, 5.74) is 0.588. The van der Waals surface area contributed by atoms with Crippen molar-refractivity contribution < 1.29 is 9.47 Å². The lowest BCUT2D eigenvalue weighted by Gasteiger charge is -2.43. The maximum Gasteiger partial charge on any atom is 0.159 e. The molecule has 2 nitrogen and oxygen atoms in total. The van der Waals surface area contributed by atoms with Crippen LogP contribution in [0.5, 0.6) is 0 Å². The van der Waals surface area contributed by atoms with Crippen LogP contribution in [0.3, 0.4) is 0 Å². The summed E-state index contributed by atoms with van der Waals surface area (Å²) in [4.78, 5) is 0. The van der Waals surface area contributed by atoms with Crippen LogP contribution in [0.25, 0.3) is 0 Å². The lowest BCUT2D eigenvalue weighted by Crippen LogP contribution is -2.39. The van der Waals surface area contributed by atoms with E-state index in [2.05, 4.69) is 41.2 Å². The van der Waals surface area contributed by atoms with Crippen LogP contribution in [0.1, 0.15) is 73.1 Å². The summed E-state index contributed by atoms with van der Waals surface area (Å²) in [5.74, 6) is 1.58. The molecule has 0 aromatic rings. The molecule has 6 atom stereocenters. The molecule has 1 aliphatic heterocycles. The van der Waals surface area contributed by atoms with Gasteiger partial charge in [-0.2, -0.15) is 0 Å². The van der Waals surface area contributed by atoms with Crippen LogP contribution < -0.4 is 0 Å². The first-order valence-electron chi connectivity index (χ1n) is 9.15. The van der Waals surface area contributed by atoms with Gasteiger partial charge in [0.25, 0.3) is 0 Å². The third-order valence-electron chi connectivity index (χ3n) is 7.19. The number of allylic oxidation sites excluding steroid dienone is 1. The molecule has 0 aromatic carbocycles. The van der Waals surface area contributed by atoms with E-state index in [0.29, 0.717) is 10.8 Å². The Morgan fingerprint density at radius 3 is 2.59 bits per heavy atom. The Hall–Kier alpha value is -0.340. The van der Waals surface area contributed by atoms with E-state index in [1.54, 1.807) is 0 Å². The van der Waals surface area contributed by atoms with Gasteiger partial charge in [0.15, 0.2) is 6.29 Å². The highest BCUT2D eigenvalue weighted by molar-refractivity contribution is 5.09. The zero-order valence-electron chi connectivity index (χ0n) is 15.2. The molecular formula is C20H34O2. The van der Waals surface area contributed by atoms with E-state index in [9.17, 15) is 0 Å². The number of hydrogen-bond donors (Lipinski definition) is 0. The van der Waals surface area contributed by atoms with Crippen molar-refractivity contribution in [2.45, 2.75) is 91.1 Å². The predicted octanol–water partition coefficient (Wildman–Crippen LogP) is 5.33. The van der Waals surface area contributed by atoms with Gasteiger partial charge in [-0.15, -0.1) is 6.58 Å². The smallest absolute Gasteiger partial charge is 0.159 e. The molecule has 1 heterocycles. The molecular weight excluding hydrogens is 272 g/mol. The molecule has 2 heteroatoms. The van der Waals surface area contributed by atoms with Crippen molar-refractivity contribution >= 4 is 0 Å². The molecule has 0 bridgehead atoms. The van der Waals surface area contributed by atoms with Crippen molar-refractivity contribution in [2.75, 3.05) is 0 Å². The molecule has 22 heavy (non-hydrogen) atoms. The Morgan fingerprint density at radius 1 is 1.18 bits per heavy atom. The fraction of sp³-hybridized carbons (Fsp3) is 0.900. The summed E-state index contributed by atoms with van der Waals surface area (Å²) in [6.45, 7) is 16.0. The number of rotatable bonds is 3. The second-order valence-electron chi connectivity index (χ2n) is 9.26. The summed E-state index contributed by atoms with van der Waals surface area (Å²) in [6.07, 6.45) is 9.08. The molecule has 0 aromatic heterocycles. The highest BCUT2D eigenvalue weighted by Gasteiger charge is 2.61. The van der Waals surface area contributed by atoms with Gasteiger partial charge >= 0.3 is 0 Å². The summed E-state index contributed by atoms with van der Waals surface area (Å²) in [7, 11) is 0. The highest BCUT2D eigenvalue weighted by Crippen LogP contribution is 2.63. The van der Waals surface area contributed by atoms with Crippen molar-refractivity contribution in [3.63, 3.8) is 0 Å². The molecule has 0 unspecified atom stereocenters. The summed E-state index contributed by atoms with van der Waals surface area (Å²) in [6, 6.07) is 0. The molecule has 3 fully saturated rings. The van der Waals surface area contributed by atoms with E-state index < -0.39 is 0 Å². The van der Waals surface area contributed by atoms with E-state index in [1.165, 1.54) is 12.8 Å². The van der Waals surface area contributed by atoms with E-state index in [-0.39, 0.29) is 18.0 Å². The average molecular weight is 306 g/mol. The fourth-order valence-electron chi connectivity index (χ4n) is 6.01. The Balaban J connectivity index is 1.88. The topological polar surface area (TPSA) is 18.5 Å². The summed E-state index contributed by atoms with van der Waals surface area (Å²) < 4.78 is 12.8. The first-order valence-corrected chi connectivity index (χ1v) is 9.15. The van der Waals surface area contributed by atoms with Gasteiger partial charge < -0.3 is 9.47 Å². The van der Waals surface area contributed by atoms with Gasteiger partial charge in [-0.3, -0.25) is 0 Å². The van der Waals surface area contributed by atoms with Crippen molar-refractivity contribution in [3.8, 4) is 0 Å². The van der Waals surface area contributed by atoms with Crippen molar-refractivity contribution in [2.24, 2.45) is 22.7 Å². The Bertz CT molecular complexity index is 443. The SMILES string of the molecule is C=CCC[C@H]1O[C@H]2C[C@]3(C)[C@H](C)CC[C@H]3C(C)(C)C[C@@]2(C)O1. The Kier molecular flexibility index (Phi) is 4.01. The van der Waals surface area contributed by atoms with Crippen LogP contribution in [-0.2, 0) is 9.47 Å². The third kappa shape index (κ3) is 2.47. The number of ether oxygens (including phenoxy) is 2. The van der Waals surface area contributed by atoms with Gasteiger partial charge in [-0.1, -0.05) is 33.8 Å². The minimum atomic E-state index is -0.123. The average Bonchev–Trinajstić information content (AvgIpc) is 2.84. The lowest BCUT2D eigenvalue weighted by molar-refractivity contribution is -0.108. The van der Waals surface area contributed by atoms with Crippen molar-refractivity contribution in [1.82, 2.24) is 0 Å². The minimum absolute atomic E-state index is 0.0411. The van der Waals surface area contributed by atoms with E-state index in [4.69, 9.17) is 9.47 Å². The maximum atomic E-state index is 6.45. The lowest BCUT2D eigenvalue weighted by atomic mass is 9.62. The molecule has 1 saturated heterocycles. The molecule has 0 spiro atoms. The van der Waals surface area contributed by atoms with Gasteiger partial charge in [0, 0.05) is 6.42 Å². The third-order valence-corrected chi connectivity index (χ3v) is 7.19. The molecule has 2 saturated carbocycles. The fourth-order valence-corrected chi connectivity index (χ4v) is 6.01. The van der Waals surface area contributed by atoms with Gasteiger partial charge in [-0.25, -0.2) is 0 Å². The van der Waals surface area contributed by atoms with E-state index >= 15 is 0 Å².